The van der Waals surface area contributed by atoms with Gasteiger partial charge in [-0.2, -0.15) is 0 Å². The molecule has 0 spiro atoms. The van der Waals surface area contributed by atoms with Crippen LogP contribution in [0.3, 0.4) is 0 Å². The molecule has 94 valence electrons. The molecule has 1 nitrogen and oxygen atoms in total. The summed E-state index contributed by atoms with van der Waals surface area (Å²) in [4.78, 5) is 0. The third kappa shape index (κ3) is 2.90. The highest BCUT2D eigenvalue weighted by Crippen LogP contribution is 2.35. The third-order valence-corrected chi connectivity index (χ3v) is 4.21. The highest BCUT2D eigenvalue weighted by Gasteiger charge is 2.23. The van der Waals surface area contributed by atoms with E-state index in [4.69, 9.17) is 0 Å². The summed E-state index contributed by atoms with van der Waals surface area (Å²) >= 11 is 0. The molecule has 0 aliphatic heterocycles. The van der Waals surface area contributed by atoms with Gasteiger partial charge in [0, 0.05) is 6.04 Å². The molecule has 1 aliphatic carbocycles. The fourth-order valence-corrected chi connectivity index (χ4v) is 3.13. The van der Waals surface area contributed by atoms with Gasteiger partial charge in [-0.05, 0) is 55.7 Å². The van der Waals surface area contributed by atoms with Crippen molar-refractivity contribution in [3.63, 3.8) is 0 Å². The first kappa shape index (κ1) is 12.6. The van der Waals surface area contributed by atoms with Crippen LogP contribution in [0.15, 0.2) is 24.3 Å². The number of hydrogen-bond acceptors (Lipinski definition) is 1. The lowest BCUT2D eigenvalue weighted by Crippen LogP contribution is -2.33. The van der Waals surface area contributed by atoms with Crippen molar-refractivity contribution < 1.29 is 0 Å². The lowest BCUT2D eigenvalue weighted by molar-refractivity contribution is 0.356. The molecule has 0 aromatic heterocycles. The van der Waals surface area contributed by atoms with Gasteiger partial charge in [-0.15, -0.1) is 0 Å². The van der Waals surface area contributed by atoms with E-state index in [-0.39, 0.29) is 0 Å². The first-order valence-corrected chi connectivity index (χ1v) is 6.97. The van der Waals surface area contributed by atoms with Gasteiger partial charge in [-0.3, -0.25) is 0 Å². The molecular weight excluding hydrogens is 206 g/mol. The molecular formula is C16H25N. The summed E-state index contributed by atoms with van der Waals surface area (Å²) in [6.07, 6.45) is 5.28. The summed E-state index contributed by atoms with van der Waals surface area (Å²) in [6.45, 7) is 4.63. The Kier molecular flexibility index (Phi) is 4.22. The van der Waals surface area contributed by atoms with Crippen LogP contribution in [0.5, 0.6) is 0 Å². The number of rotatable bonds is 4. The van der Waals surface area contributed by atoms with Crippen LogP contribution in [-0.2, 0) is 6.42 Å². The Labute approximate surface area is 106 Å². The van der Waals surface area contributed by atoms with E-state index in [9.17, 15) is 0 Å². The van der Waals surface area contributed by atoms with E-state index in [0.717, 1.165) is 5.92 Å². The minimum Gasteiger partial charge on any atom is -0.317 e. The Morgan fingerprint density at radius 1 is 1.29 bits per heavy atom. The average molecular weight is 231 g/mol. The van der Waals surface area contributed by atoms with E-state index in [1.165, 1.54) is 25.7 Å². The smallest absolute Gasteiger partial charge is 0.00928 e. The summed E-state index contributed by atoms with van der Waals surface area (Å²) in [5, 5.41) is 3.48. The van der Waals surface area contributed by atoms with Crippen molar-refractivity contribution in [2.75, 3.05) is 7.05 Å². The maximum Gasteiger partial charge on any atom is 0.00928 e. The quantitative estimate of drug-likeness (QED) is 0.832. The maximum absolute atomic E-state index is 3.48. The summed E-state index contributed by atoms with van der Waals surface area (Å²) in [5.41, 5.74) is 3.20. The van der Waals surface area contributed by atoms with Gasteiger partial charge in [0.1, 0.15) is 0 Å². The fourth-order valence-electron chi connectivity index (χ4n) is 3.13. The number of aryl methyl sites for hydroxylation is 1. The van der Waals surface area contributed by atoms with Crippen LogP contribution in [0.2, 0.25) is 0 Å². The normalized spacial score (nSPS) is 21.3. The Morgan fingerprint density at radius 2 is 2.06 bits per heavy atom. The van der Waals surface area contributed by atoms with Gasteiger partial charge in [0.2, 0.25) is 0 Å². The zero-order chi connectivity index (χ0) is 12.3. The van der Waals surface area contributed by atoms with Gasteiger partial charge in [0.15, 0.2) is 0 Å². The van der Waals surface area contributed by atoms with Crippen LogP contribution < -0.4 is 5.32 Å². The molecule has 0 radical (unpaired) electrons. The van der Waals surface area contributed by atoms with Gasteiger partial charge in [-0.1, -0.05) is 38.1 Å². The Hall–Kier alpha value is -0.820. The zero-order valence-corrected chi connectivity index (χ0v) is 11.4. The predicted octanol–water partition coefficient (Wildman–Crippen LogP) is 3.74. The van der Waals surface area contributed by atoms with Crippen LogP contribution in [0.1, 0.15) is 50.2 Å². The molecule has 1 aromatic rings. The molecule has 0 heterocycles. The Bertz CT molecular complexity index is 356. The Morgan fingerprint density at radius 3 is 2.76 bits per heavy atom. The molecule has 2 unspecified atom stereocenters. The highest BCUT2D eigenvalue weighted by atomic mass is 14.9. The van der Waals surface area contributed by atoms with Gasteiger partial charge in [0.05, 0.1) is 0 Å². The minimum atomic E-state index is 0.645. The van der Waals surface area contributed by atoms with Gasteiger partial charge in [0.25, 0.3) is 0 Å². The van der Waals surface area contributed by atoms with E-state index in [1.807, 2.05) is 0 Å². The number of fused-ring (bicyclic) bond motifs is 1. The van der Waals surface area contributed by atoms with E-state index in [1.54, 1.807) is 11.1 Å². The molecule has 2 rings (SSSR count). The van der Waals surface area contributed by atoms with Crippen molar-refractivity contribution in [3.05, 3.63) is 35.4 Å². The first-order chi connectivity index (χ1) is 8.22. The van der Waals surface area contributed by atoms with Crippen LogP contribution in [-0.4, -0.2) is 13.1 Å². The highest BCUT2D eigenvalue weighted by molar-refractivity contribution is 5.32. The zero-order valence-electron chi connectivity index (χ0n) is 11.4. The van der Waals surface area contributed by atoms with Crippen LogP contribution >= 0.6 is 0 Å². The van der Waals surface area contributed by atoms with E-state index >= 15 is 0 Å². The molecule has 1 heteroatoms. The average Bonchev–Trinajstić information content (AvgIpc) is 2.35. The molecule has 0 fully saturated rings. The van der Waals surface area contributed by atoms with Crippen molar-refractivity contribution in [1.82, 2.24) is 5.32 Å². The van der Waals surface area contributed by atoms with E-state index in [2.05, 4.69) is 50.5 Å². The standard InChI is InChI=1S/C16H25N/c1-12(2)16(17-3)11-14-9-6-8-13-7-4-5-10-15(13)14/h4-5,7,10,12,14,16-17H,6,8-9,11H2,1-3H3. The van der Waals surface area contributed by atoms with Crippen molar-refractivity contribution in [1.29, 1.82) is 0 Å². The molecule has 0 saturated heterocycles. The molecule has 2 atom stereocenters. The minimum absolute atomic E-state index is 0.645. The largest absolute Gasteiger partial charge is 0.317 e. The number of nitrogens with one attached hydrogen (secondary N) is 1. The summed E-state index contributed by atoms with van der Waals surface area (Å²) < 4.78 is 0. The predicted molar refractivity (Wildman–Crippen MR) is 74.4 cm³/mol. The Balaban J connectivity index is 2.13. The maximum atomic E-state index is 3.48. The van der Waals surface area contributed by atoms with Crippen LogP contribution in [0.25, 0.3) is 0 Å². The summed E-state index contributed by atoms with van der Waals surface area (Å²) in [7, 11) is 2.10. The SMILES string of the molecule is CNC(CC1CCCc2ccccc21)C(C)C. The number of hydrogen-bond donors (Lipinski definition) is 1. The molecule has 17 heavy (non-hydrogen) atoms. The lowest BCUT2D eigenvalue weighted by atomic mass is 9.78. The second-order valence-electron chi connectivity index (χ2n) is 5.66. The van der Waals surface area contributed by atoms with Crippen LogP contribution in [0.4, 0.5) is 0 Å². The van der Waals surface area contributed by atoms with E-state index < -0.39 is 0 Å². The van der Waals surface area contributed by atoms with Crippen LogP contribution in [0, 0.1) is 5.92 Å². The monoisotopic (exact) mass is 231 g/mol. The fraction of sp³-hybridized carbons (Fsp3) is 0.625. The topological polar surface area (TPSA) is 12.0 Å². The third-order valence-electron chi connectivity index (χ3n) is 4.21. The molecule has 1 aromatic carbocycles. The molecule has 1 aliphatic rings. The van der Waals surface area contributed by atoms with Gasteiger partial charge in [-0.25, -0.2) is 0 Å². The van der Waals surface area contributed by atoms with Crippen molar-refractivity contribution >= 4 is 0 Å². The van der Waals surface area contributed by atoms with Crippen molar-refractivity contribution in [3.8, 4) is 0 Å². The van der Waals surface area contributed by atoms with Crippen molar-refractivity contribution in [2.45, 2.75) is 51.5 Å². The van der Waals surface area contributed by atoms with Crippen molar-refractivity contribution in [2.24, 2.45) is 5.92 Å². The first-order valence-electron chi connectivity index (χ1n) is 6.97. The second-order valence-corrected chi connectivity index (χ2v) is 5.66. The van der Waals surface area contributed by atoms with Gasteiger partial charge < -0.3 is 5.32 Å². The molecule has 0 saturated carbocycles. The molecule has 0 bridgehead atoms. The van der Waals surface area contributed by atoms with Gasteiger partial charge >= 0.3 is 0 Å². The summed E-state index contributed by atoms with van der Waals surface area (Å²) in [6, 6.07) is 9.67. The number of benzene rings is 1. The van der Waals surface area contributed by atoms with E-state index in [0.29, 0.717) is 12.0 Å². The second kappa shape index (κ2) is 5.68. The molecule has 1 N–H and O–H groups in total. The summed E-state index contributed by atoms with van der Waals surface area (Å²) in [5.74, 6) is 1.48. The lowest BCUT2D eigenvalue weighted by Gasteiger charge is -2.30. The molecule has 0 amide bonds.